The van der Waals surface area contributed by atoms with E-state index in [9.17, 15) is 52.7 Å². The van der Waals surface area contributed by atoms with E-state index in [1.165, 1.54) is 154 Å². The summed E-state index contributed by atoms with van der Waals surface area (Å²) in [5, 5.41) is 9.57. The fourth-order valence-electron chi connectivity index (χ4n) is 17.4. The average Bonchev–Trinajstić information content (AvgIpc) is 1.52. The molecule has 0 saturated carbocycles. The Bertz CT molecular complexity index is 4880. The molecule has 0 bridgehead atoms. The number of piperazine rings is 2. The van der Waals surface area contributed by atoms with Gasteiger partial charge in [-0.25, -0.2) is 4.98 Å². The number of fused-ring (bicyclic) bond motifs is 4. The van der Waals surface area contributed by atoms with Crippen molar-refractivity contribution in [3.8, 4) is 6.07 Å². The highest BCUT2D eigenvalue weighted by Crippen LogP contribution is 2.40. The second-order valence-electron chi connectivity index (χ2n) is 35.6. The Morgan fingerprint density at radius 2 is 0.773 bits per heavy atom. The largest absolute Gasteiger partial charge is 0.417 e. The smallest absolute Gasteiger partial charge is 0.369 e. The van der Waals surface area contributed by atoms with Crippen molar-refractivity contribution in [2.75, 3.05) is 198 Å². The van der Waals surface area contributed by atoms with Gasteiger partial charge in [0.25, 0.3) is 0 Å². The molecule has 0 spiro atoms. The summed E-state index contributed by atoms with van der Waals surface area (Å²) in [6, 6.07) is 60.5. The molecule has 128 heavy (non-hydrogen) atoms. The highest BCUT2D eigenvalue weighted by molar-refractivity contribution is 6.30. The molecule has 18 rings (SSSR count). The lowest BCUT2D eigenvalue weighted by Gasteiger charge is -2.34. The quantitative estimate of drug-likeness (QED) is 0.154. The van der Waals surface area contributed by atoms with Crippen molar-refractivity contribution in [1.29, 1.82) is 5.26 Å². The molecular weight excluding hydrogens is 1670 g/mol. The van der Waals surface area contributed by atoms with Crippen LogP contribution in [0.15, 0.2) is 200 Å². The van der Waals surface area contributed by atoms with Crippen molar-refractivity contribution in [3.05, 3.63) is 300 Å². The van der Waals surface area contributed by atoms with E-state index in [0.29, 0.717) is 29.5 Å². The number of nitriles is 1. The number of halogens is 13. The number of aryl methyl sites for hydroxylation is 2. The van der Waals surface area contributed by atoms with E-state index in [0.717, 1.165) is 158 Å². The van der Waals surface area contributed by atoms with Gasteiger partial charge in [0.2, 0.25) is 0 Å². The van der Waals surface area contributed by atoms with Crippen LogP contribution in [0.5, 0.6) is 0 Å². The Kier molecular flexibility index (Phi) is 38.2. The van der Waals surface area contributed by atoms with Crippen LogP contribution < -0.4 is 9.80 Å². The minimum Gasteiger partial charge on any atom is -0.369 e. The Balaban J connectivity index is 0.000000150. The predicted octanol–water partition coefficient (Wildman–Crippen LogP) is 20.6. The van der Waals surface area contributed by atoms with Crippen LogP contribution in [0, 0.1) is 18.3 Å². The van der Waals surface area contributed by atoms with Crippen LogP contribution in [0.2, 0.25) is 5.02 Å². The van der Waals surface area contributed by atoms with Crippen molar-refractivity contribution in [1.82, 2.24) is 49.1 Å². The molecule has 0 N–H and O–H groups in total. The summed E-state index contributed by atoms with van der Waals surface area (Å²) in [4.78, 5) is 28.3. The molecule has 5 saturated heterocycles. The summed E-state index contributed by atoms with van der Waals surface area (Å²) in [6.07, 6.45) is -5.82. The molecule has 9 aliphatic heterocycles. The van der Waals surface area contributed by atoms with Gasteiger partial charge in [0, 0.05) is 135 Å². The number of rotatable bonds is 5. The minimum absolute atomic E-state index is 0.0165. The monoisotopic (exact) mass is 1800 g/mol. The third kappa shape index (κ3) is 32.3. The topological polar surface area (TPSA) is 72.3 Å². The van der Waals surface area contributed by atoms with Gasteiger partial charge in [-0.2, -0.15) is 57.9 Å². The average molecular weight is 1800 g/mol. The fourth-order valence-corrected chi connectivity index (χ4v) is 17.5. The lowest BCUT2D eigenvalue weighted by atomic mass is 9.93. The molecule has 1 aromatic heterocycles. The van der Waals surface area contributed by atoms with Gasteiger partial charge in [-0.15, -0.1) is 0 Å². The summed E-state index contributed by atoms with van der Waals surface area (Å²) in [5.41, 5.74) is 15.1. The van der Waals surface area contributed by atoms with Crippen molar-refractivity contribution < 1.29 is 52.7 Å². The zero-order chi connectivity index (χ0) is 92.3. The predicted molar refractivity (Wildman–Crippen MR) is 494 cm³/mol. The third-order valence-electron chi connectivity index (χ3n) is 25.1. The van der Waals surface area contributed by atoms with Crippen LogP contribution in [0.25, 0.3) is 0 Å². The van der Waals surface area contributed by atoms with E-state index in [1.807, 2.05) is 62.3 Å². The molecule has 0 radical (unpaired) electrons. The molecule has 0 amide bonds. The van der Waals surface area contributed by atoms with Crippen LogP contribution >= 0.6 is 11.6 Å². The number of alkyl halides is 12. The molecule has 10 heterocycles. The van der Waals surface area contributed by atoms with Crippen molar-refractivity contribution in [2.45, 2.75) is 127 Å². The first-order chi connectivity index (χ1) is 60.9. The van der Waals surface area contributed by atoms with Gasteiger partial charge in [0.15, 0.2) is 0 Å². The van der Waals surface area contributed by atoms with Gasteiger partial charge in [0.05, 0.1) is 33.9 Å². The first-order valence-corrected chi connectivity index (χ1v) is 45.0. The lowest BCUT2D eigenvalue weighted by molar-refractivity contribution is -0.139. The van der Waals surface area contributed by atoms with Crippen LogP contribution in [0.4, 0.5) is 64.2 Å². The molecule has 8 aromatic carbocycles. The van der Waals surface area contributed by atoms with E-state index in [4.69, 9.17) is 16.9 Å². The second-order valence-corrected chi connectivity index (χ2v) is 36.0. The van der Waals surface area contributed by atoms with Gasteiger partial charge in [-0.05, 0) is 300 Å². The second kappa shape index (κ2) is 48.3. The van der Waals surface area contributed by atoms with Gasteiger partial charge in [-0.1, -0.05) is 145 Å². The SMILES string of the molecule is CN1CCC(c2ccc(Cl)cc2)C1.CN1CCC(c2cccc(C(F)(F)F)c2)C1.CN1CCC(c2ccccc2C(F)(F)F)C1.CN1CCCc2ccccc2C1.CN1CCN(c2ccc(C(F)(F)F)cn2)CC1.CN1CCN(c2cccc(C(F)(F)F)c2)CC1.CN1CCc2ccc(C#N)cc2C1.CN1CCc2ccccc2CC1.Cc1ccc2c(c1)CN(C)CC2. The Labute approximate surface area is 756 Å². The number of anilines is 2. The summed E-state index contributed by atoms with van der Waals surface area (Å²) < 4.78 is 151. The summed E-state index contributed by atoms with van der Waals surface area (Å²) in [5.74, 6) is 1.59. The van der Waals surface area contributed by atoms with Crippen molar-refractivity contribution >= 4 is 23.1 Å². The molecule has 26 heteroatoms. The van der Waals surface area contributed by atoms with Crippen LogP contribution in [-0.4, -0.2) is 237 Å². The van der Waals surface area contributed by atoms with Crippen molar-refractivity contribution in [3.63, 3.8) is 0 Å². The zero-order valence-electron chi connectivity index (χ0n) is 75.9. The fraction of sp³-hybridized carbons (Fsp3) is 0.471. The van der Waals surface area contributed by atoms with Crippen LogP contribution in [0.1, 0.15) is 138 Å². The van der Waals surface area contributed by atoms with E-state index >= 15 is 0 Å². The molecule has 3 atom stereocenters. The first-order valence-electron chi connectivity index (χ1n) is 44.6. The molecular formula is C102H128ClF12N13. The van der Waals surface area contributed by atoms with E-state index < -0.39 is 47.0 Å². The van der Waals surface area contributed by atoms with E-state index in [2.05, 4.69) is 182 Å². The number of aromatic nitrogens is 1. The minimum atomic E-state index is -4.31. The number of benzene rings is 8. The number of hydrogen-bond acceptors (Lipinski definition) is 13. The maximum atomic E-state index is 12.8. The Morgan fingerprint density at radius 1 is 0.336 bits per heavy atom. The summed E-state index contributed by atoms with van der Waals surface area (Å²) >= 11 is 5.84. The molecule has 9 aromatic rings. The summed E-state index contributed by atoms with van der Waals surface area (Å²) in [7, 11) is 18.8. The third-order valence-corrected chi connectivity index (χ3v) is 25.4. The standard InChI is InChI=1S/C12H15F3N2.2C12H14F3N.C11H14ClN.C11H14F3N3.C11H12N2.3C11H15N/c1-16-5-7-17(8-6-16)11-4-2-3-10(9-11)12(13,14)15;1-16-6-5-10(8-16)9-3-2-4-11(7-9)12(13,14)15;1-16-7-6-9(8-16)10-4-2-3-5-11(10)12(13,14)15;1-13-7-6-10(8-13)9-2-4-11(12)5-3-9;1-16-4-6-17(7-5-16)10-3-2-9(8-15-10)11(12,13)14;1-13-5-4-10-3-2-9(7-12)6-11(10)8-13;1-9-3-4-10-5-6-12(2)8-11(10)7-9;1-12-8-4-7-10-5-2-3-6-11(10)9-12;1-12-8-6-10-4-2-3-5-11(10)7-9-12/h2-4,9H,5-8H2,1H3;2-4,7,10H,5-6,8H2,1H3;2-5,9H,6-8H2,1H3;2-5,10H,6-8H2,1H3;2-3,8H,4-7H2,1H3;2-3,6H,4-5,8H2,1H3;3-4,7H,5-6,8H2,1-2H3;2-3,5-6H,4,7-9H2,1H3;2-5H,6-9H2,1H3. The maximum absolute atomic E-state index is 12.8. The molecule has 13 nitrogen and oxygen atoms in total. The highest BCUT2D eigenvalue weighted by atomic mass is 35.5. The van der Waals surface area contributed by atoms with Crippen molar-refractivity contribution in [2.24, 2.45) is 0 Å². The highest BCUT2D eigenvalue weighted by Gasteiger charge is 2.38. The van der Waals surface area contributed by atoms with Crippen LogP contribution in [0.3, 0.4) is 0 Å². The molecule has 3 unspecified atom stereocenters. The van der Waals surface area contributed by atoms with Gasteiger partial charge in [-0.3, -0.25) is 0 Å². The lowest BCUT2D eigenvalue weighted by Crippen LogP contribution is -2.44. The van der Waals surface area contributed by atoms with Gasteiger partial charge < -0.3 is 53.9 Å². The maximum Gasteiger partial charge on any atom is 0.417 e. The number of likely N-dealkylation sites (N-methyl/N-ethyl adjacent to an activating group) is 8. The first kappa shape index (κ1) is 101. The molecule has 5 fully saturated rings. The molecule has 9 aliphatic rings. The molecule has 692 valence electrons. The number of nitrogens with zero attached hydrogens (tertiary/aromatic N) is 13. The van der Waals surface area contributed by atoms with E-state index in [-0.39, 0.29) is 11.8 Å². The number of hydrogen-bond donors (Lipinski definition) is 0. The van der Waals surface area contributed by atoms with Gasteiger partial charge in [0.1, 0.15) is 5.82 Å². The number of likely N-dealkylation sites (tertiary alicyclic amines) is 3. The molecule has 0 aliphatic carbocycles. The van der Waals surface area contributed by atoms with Crippen LogP contribution in [-0.2, 0) is 76.4 Å². The Morgan fingerprint density at radius 3 is 1.28 bits per heavy atom. The summed E-state index contributed by atoms with van der Waals surface area (Å²) in [6.45, 7) is 23.9. The Hall–Kier alpha value is -8.91. The van der Waals surface area contributed by atoms with Gasteiger partial charge >= 0.3 is 24.7 Å². The zero-order valence-corrected chi connectivity index (χ0v) is 76.7. The van der Waals surface area contributed by atoms with E-state index in [1.54, 1.807) is 46.5 Å². The number of pyridine rings is 1. The normalized spacial score (nSPS) is 19.7.